The molecule has 1 saturated heterocycles. The summed E-state index contributed by atoms with van der Waals surface area (Å²) in [6.45, 7) is 3.92. The first-order valence-corrected chi connectivity index (χ1v) is 11.1. The fourth-order valence-electron chi connectivity index (χ4n) is 3.83. The van der Waals surface area contributed by atoms with E-state index in [9.17, 15) is 31.5 Å². The second kappa shape index (κ2) is 7.47. The number of carbonyl (C=O) groups excluding carboxylic acids is 1. The van der Waals surface area contributed by atoms with E-state index in [1.165, 1.54) is 4.31 Å². The number of aliphatic hydroxyl groups is 1. The van der Waals surface area contributed by atoms with Gasteiger partial charge in [-0.25, -0.2) is 8.42 Å². The molecule has 1 amide bonds. The van der Waals surface area contributed by atoms with E-state index in [-0.39, 0.29) is 23.4 Å². The van der Waals surface area contributed by atoms with Crippen molar-refractivity contribution in [2.45, 2.75) is 49.4 Å². The van der Waals surface area contributed by atoms with Gasteiger partial charge >= 0.3 is 6.18 Å². The molecule has 0 aromatic heterocycles. The zero-order valence-corrected chi connectivity index (χ0v) is 17.6. The van der Waals surface area contributed by atoms with Gasteiger partial charge in [-0.15, -0.1) is 0 Å². The third kappa shape index (κ3) is 4.08. The summed E-state index contributed by atoms with van der Waals surface area (Å²) in [5.41, 5.74) is 1.45. The van der Waals surface area contributed by atoms with Gasteiger partial charge < -0.3 is 10.8 Å². The molecule has 2 aliphatic rings. The molecule has 1 aromatic rings. The molecule has 1 aliphatic carbocycles. The van der Waals surface area contributed by atoms with Gasteiger partial charge in [-0.1, -0.05) is 12.1 Å². The number of hydrogen-bond donors (Lipinski definition) is 2. The molecule has 1 aliphatic heterocycles. The van der Waals surface area contributed by atoms with Crippen LogP contribution in [0.15, 0.2) is 29.2 Å². The summed E-state index contributed by atoms with van der Waals surface area (Å²) in [4.78, 5) is 13.5. The zero-order valence-electron chi connectivity index (χ0n) is 16.8. The lowest BCUT2D eigenvalue weighted by molar-refractivity contribution is -0.258. The predicted octanol–water partition coefficient (Wildman–Crippen LogP) is 1.42. The lowest BCUT2D eigenvalue weighted by atomic mass is 9.96. The Kier molecular flexibility index (Phi) is 5.72. The van der Waals surface area contributed by atoms with Gasteiger partial charge in [0.2, 0.25) is 15.9 Å². The lowest BCUT2D eigenvalue weighted by Crippen LogP contribution is -2.55. The van der Waals surface area contributed by atoms with Crippen LogP contribution < -0.4 is 5.73 Å². The Labute approximate surface area is 173 Å². The molecule has 0 unspecified atom stereocenters. The maximum atomic E-state index is 13.0. The Morgan fingerprint density at radius 1 is 1.27 bits per heavy atom. The van der Waals surface area contributed by atoms with Gasteiger partial charge in [-0.05, 0) is 44.4 Å². The van der Waals surface area contributed by atoms with Crippen molar-refractivity contribution in [2.24, 2.45) is 11.1 Å². The van der Waals surface area contributed by atoms with Crippen molar-refractivity contribution in [1.29, 1.82) is 0 Å². The van der Waals surface area contributed by atoms with Crippen LogP contribution in [0.1, 0.15) is 32.3 Å². The number of primary amides is 1. The maximum absolute atomic E-state index is 13.0. The first kappa shape index (κ1) is 23.0. The Balaban J connectivity index is 1.72. The molecular weight excluding hydrogens is 427 g/mol. The largest absolute Gasteiger partial charge is 0.421 e. The Bertz CT molecular complexity index is 912. The number of sulfonamides is 1. The quantitative estimate of drug-likeness (QED) is 0.678. The number of benzene rings is 1. The predicted molar refractivity (Wildman–Crippen MR) is 103 cm³/mol. The number of piperazine rings is 1. The van der Waals surface area contributed by atoms with E-state index < -0.39 is 32.8 Å². The van der Waals surface area contributed by atoms with Crippen LogP contribution in [0.5, 0.6) is 0 Å². The van der Waals surface area contributed by atoms with Gasteiger partial charge in [0.05, 0.1) is 10.3 Å². The molecule has 3 rings (SSSR count). The zero-order chi connectivity index (χ0) is 22.5. The van der Waals surface area contributed by atoms with Crippen molar-refractivity contribution in [3.8, 4) is 0 Å². The maximum Gasteiger partial charge on any atom is 0.421 e. The highest BCUT2D eigenvalue weighted by Gasteiger charge is 2.52. The SMILES string of the molecule is C[C@@H]1CN(CC2(C(N)=O)CC2)[14CH2][14CH2]N1S(=O)(=O)c1ccc([C@](C)(O)C(F)(F)F)cc1. The van der Waals surface area contributed by atoms with Crippen LogP contribution >= 0.6 is 0 Å². The molecule has 11 heteroatoms. The average Bonchev–Trinajstić information content (AvgIpc) is 3.41. The number of carbonyl (C=O) groups is 1. The molecule has 7 nitrogen and oxygen atoms in total. The van der Waals surface area contributed by atoms with E-state index >= 15 is 0 Å². The summed E-state index contributed by atoms with van der Waals surface area (Å²) < 4.78 is 66.3. The van der Waals surface area contributed by atoms with E-state index in [0.29, 0.717) is 26.6 Å². The minimum Gasteiger partial charge on any atom is -0.376 e. The molecule has 168 valence electrons. The first-order valence-electron chi connectivity index (χ1n) is 9.64. The van der Waals surface area contributed by atoms with Crippen LogP contribution in [-0.2, 0) is 20.4 Å². The van der Waals surface area contributed by atoms with Gasteiger partial charge in [0.25, 0.3) is 0 Å². The lowest BCUT2D eigenvalue weighted by Gasteiger charge is -2.40. The van der Waals surface area contributed by atoms with Gasteiger partial charge in [-0.2, -0.15) is 17.5 Å². The molecule has 0 spiro atoms. The van der Waals surface area contributed by atoms with E-state index in [4.69, 9.17) is 5.73 Å². The van der Waals surface area contributed by atoms with Gasteiger partial charge in [0.15, 0.2) is 5.60 Å². The highest BCUT2D eigenvalue weighted by Crippen LogP contribution is 2.46. The van der Waals surface area contributed by atoms with Crippen LogP contribution in [0.25, 0.3) is 0 Å². The number of nitrogens with two attached hydrogens (primary N) is 1. The van der Waals surface area contributed by atoms with Crippen LogP contribution in [-0.4, -0.2) is 67.0 Å². The highest BCUT2D eigenvalue weighted by atomic mass is 32.2. The minimum atomic E-state index is -4.89. The summed E-state index contributed by atoms with van der Waals surface area (Å²) in [5, 5.41) is 9.75. The van der Waals surface area contributed by atoms with Crippen molar-refractivity contribution in [3.63, 3.8) is 0 Å². The Hall–Kier alpha value is -1.69. The molecule has 3 N–H and O–H groups in total. The second-order valence-electron chi connectivity index (χ2n) is 8.44. The van der Waals surface area contributed by atoms with Gasteiger partial charge in [0, 0.05) is 32.2 Å². The van der Waals surface area contributed by atoms with Crippen LogP contribution in [0, 0.1) is 5.41 Å². The molecule has 1 saturated carbocycles. The fourth-order valence-corrected chi connectivity index (χ4v) is 5.44. The molecule has 0 bridgehead atoms. The Morgan fingerprint density at radius 2 is 1.83 bits per heavy atom. The average molecular weight is 453 g/mol. The smallest absolute Gasteiger partial charge is 0.376 e. The van der Waals surface area contributed by atoms with E-state index in [0.717, 1.165) is 37.1 Å². The number of amides is 1. The van der Waals surface area contributed by atoms with Gasteiger partial charge in [-0.3, -0.25) is 9.69 Å². The number of hydrogen-bond acceptors (Lipinski definition) is 5. The number of rotatable bonds is 6. The van der Waals surface area contributed by atoms with Crippen LogP contribution in [0.3, 0.4) is 0 Å². The van der Waals surface area contributed by atoms with Crippen LogP contribution in [0.2, 0.25) is 0 Å². The highest BCUT2D eigenvalue weighted by molar-refractivity contribution is 7.89. The molecular formula is C19H26F3N3O4S. The summed E-state index contributed by atoms with van der Waals surface area (Å²) in [6.07, 6.45) is -3.41. The normalized spacial score (nSPS) is 24.9. The summed E-state index contributed by atoms with van der Waals surface area (Å²) in [7, 11) is -3.92. The topological polar surface area (TPSA) is 104 Å². The van der Waals surface area contributed by atoms with E-state index in [1.807, 2.05) is 4.90 Å². The number of halogens is 3. The molecule has 1 aromatic carbocycles. The summed E-state index contributed by atoms with van der Waals surface area (Å²) in [5.74, 6) is -0.333. The molecule has 0 radical (unpaired) electrons. The minimum absolute atomic E-state index is 0.139. The first-order chi connectivity index (χ1) is 13.7. The molecule has 2 fully saturated rings. The van der Waals surface area contributed by atoms with Crippen LogP contribution in [0.4, 0.5) is 13.2 Å². The van der Waals surface area contributed by atoms with Gasteiger partial charge in [0.1, 0.15) is 0 Å². The summed E-state index contributed by atoms with van der Waals surface area (Å²) in [6, 6.07) is 3.73. The number of nitrogens with zero attached hydrogens (tertiary/aromatic N) is 2. The standard InChI is InChI=1S/C19H26F3N3O4S/c1-13-11-24(12-18(7-8-18)16(23)26)9-10-25(13)30(28,29)15-5-3-14(4-6-15)17(2,27)19(20,21)22/h3-6,13,27H,7-12H2,1-2H3,(H2,23,26)/t13-,17+/m1/s1/i9+2,10+2. The van der Waals surface area contributed by atoms with Crippen molar-refractivity contribution < 1.29 is 31.5 Å². The number of alkyl halides is 3. The van der Waals surface area contributed by atoms with E-state index in [2.05, 4.69) is 0 Å². The van der Waals surface area contributed by atoms with Crippen molar-refractivity contribution >= 4 is 15.9 Å². The molecule has 1 heterocycles. The second-order valence-corrected chi connectivity index (χ2v) is 10.3. The van der Waals surface area contributed by atoms with E-state index in [1.54, 1.807) is 6.92 Å². The third-order valence-corrected chi connectivity index (χ3v) is 8.16. The Morgan fingerprint density at radius 3 is 2.27 bits per heavy atom. The molecule has 30 heavy (non-hydrogen) atoms. The van der Waals surface area contributed by atoms with Crippen molar-refractivity contribution in [3.05, 3.63) is 29.8 Å². The summed E-state index contributed by atoms with van der Waals surface area (Å²) >= 11 is 0. The third-order valence-electron chi connectivity index (χ3n) is 6.13. The monoisotopic (exact) mass is 453 g/mol. The van der Waals surface area contributed by atoms with Crippen molar-refractivity contribution in [2.75, 3.05) is 26.2 Å². The molecule has 2 atom stereocenters. The fraction of sp³-hybridized carbons (Fsp3) is 0.632. The van der Waals surface area contributed by atoms with Crippen molar-refractivity contribution in [1.82, 2.24) is 9.21 Å².